The average molecular weight is 294 g/mol. The van der Waals surface area contributed by atoms with Crippen molar-refractivity contribution in [3.63, 3.8) is 0 Å². The van der Waals surface area contributed by atoms with Crippen molar-refractivity contribution >= 4 is 0 Å². The number of benzene rings is 1. The Morgan fingerprint density at radius 2 is 2.05 bits per heavy atom. The zero-order chi connectivity index (χ0) is 15.5. The van der Waals surface area contributed by atoms with Gasteiger partial charge in [0, 0.05) is 25.1 Å². The van der Waals surface area contributed by atoms with E-state index >= 15 is 0 Å². The molecule has 4 heteroatoms. The third-order valence-electron chi connectivity index (χ3n) is 4.28. The molecule has 0 atom stereocenters. The first kappa shape index (κ1) is 14.8. The highest BCUT2D eigenvalue weighted by Gasteiger charge is 2.23. The van der Waals surface area contributed by atoms with Gasteiger partial charge in [-0.3, -0.25) is 0 Å². The molecule has 0 fully saturated rings. The molecule has 2 heterocycles. The van der Waals surface area contributed by atoms with Crippen LogP contribution in [0.4, 0.5) is 0 Å². The van der Waals surface area contributed by atoms with Crippen molar-refractivity contribution in [2.45, 2.75) is 39.2 Å². The Morgan fingerprint density at radius 3 is 2.73 bits per heavy atom. The summed E-state index contributed by atoms with van der Waals surface area (Å²) in [5.41, 5.74) is 6.17. The van der Waals surface area contributed by atoms with Gasteiger partial charge in [0.25, 0.3) is 0 Å². The van der Waals surface area contributed by atoms with Gasteiger partial charge >= 0.3 is 0 Å². The number of nitrogens with zero attached hydrogens (tertiary/aromatic N) is 4. The van der Waals surface area contributed by atoms with E-state index in [1.165, 1.54) is 17.0 Å². The minimum atomic E-state index is 0.462. The van der Waals surface area contributed by atoms with E-state index < -0.39 is 0 Å². The maximum atomic E-state index is 8.78. The van der Waals surface area contributed by atoms with Crippen molar-refractivity contribution in [3.05, 3.63) is 46.8 Å². The van der Waals surface area contributed by atoms with E-state index in [1.807, 2.05) is 12.1 Å². The first-order valence-corrected chi connectivity index (χ1v) is 7.97. The Morgan fingerprint density at radius 1 is 1.27 bits per heavy atom. The number of aryl methyl sites for hydroxylation is 1. The van der Waals surface area contributed by atoms with E-state index in [0.717, 1.165) is 43.6 Å². The summed E-state index contributed by atoms with van der Waals surface area (Å²) in [6, 6.07) is 10.4. The van der Waals surface area contributed by atoms with Crippen LogP contribution in [0.3, 0.4) is 0 Å². The molecule has 0 aliphatic carbocycles. The van der Waals surface area contributed by atoms with Gasteiger partial charge in [0.15, 0.2) is 0 Å². The molecular weight excluding hydrogens is 272 g/mol. The molecule has 1 aromatic carbocycles. The van der Waals surface area contributed by atoms with Crippen molar-refractivity contribution in [2.24, 2.45) is 0 Å². The second-order valence-corrected chi connectivity index (χ2v) is 6.02. The van der Waals surface area contributed by atoms with Crippen LogP contribution >= 0.6 is 0 Å². The first-order valence-electron chi connectivity index (χ1n) is 7.97. The molecule has 3 rings (SSSR count). The smallest absolute Gasteiger partial charge is 0.0676 e. The minimum absolute atomic E-state index is 0.462. The summed E-state index contributed by atoms with van der Waals surface area (Å²) in [7, 11) is 2.17. The third kappa shape index (κ3) is 2.77. The lowest BCUT2D eigenvalue weighted by Gasteiger charge is -2.23. The van der Waals surface area contributed by atoms with Gasteiger partial charge < -0.3 is 4.90 Å². The van der Waals surface area contributed by atoms with Crippen molar-refractivity contribution < 1.29 is 0 Å². The fourth-order valence-corrected chi connectivity index (χ4v) is 3.12. The molecule has 114 valence electrons. The summed E-state index contributed by atoms with van der Waals surface area (Å²) < 4.78 is 2.11. The SMILES string of the molecule is CCCc1nn(-c2ccc(CC#N)cc2)c2c1CN(C)CC2. The lowest BCUT2D eigenvalue weighted by Crippen LogP contribution is -2.27. The molecule has 4 nitrogen and oxygen atoms in total. The largest absolute Gasteiger partial charge is 0.302 e. The van der Waals surface area contributed by atoms with Crippen molar-refractivity contribution in [1.82, 2.24) is 14.7 Å². The van der Waals surface area contributed by atoms with E-state index in [9.17, 15) is 0 Å². The van der Waals surface area contributed by atoms with E-state index in [1.54, 1.807) is 0 Å². The van der Waals surface area contributed by atoms with Gasteiger partial charge in [0.1, 0.15) is 0 Å². The summed E-state index contributed by atoms with van der Waals surface area (Å²) >= 11 is 0. The highest BCUT2D eigenvalue weighted by Crippen LogP contribution is 2.25. The van der Waals surface area contributed by atoms with Crippen molar-refractivity contribution in [2.75, 3.05) is 13.6 Å². The molecule has 0 saturated heterocycles. The number of fused-ring (bicyclic) bond motifs is 1. The first-order chi connectivity index (χ1) is 10.7. The van der Waals surface area contributed by atoms with Gasteiger partial charge in [0.2, 0.25) is 0 Å². The maximum absolute atomic E-state index is 8.78. The fraction of sp³-hybridized carbons (Fsp3) is 0.444. The van der Waals surface area contributed by atoms with Gasteiger partial charge in [0.05, 0.1) is 29.6 Å². The highest BCUT2D eigenvalue weighted by atomic mass is 15.3. The molecule has 1 aromatic heterocycles. The summed E-state index contributed by atoms with van der Waals surface area (Å²) in [4.78, 5) is 2.36. The molecule has 2 aromatic rings. The Kier molecular flexibility index (Phi) is 4.26. The van der Waals surface area contributed by atoms with Crippen LogP contribution in [0.15, 0.2) is 24.3 Å². The zero-order valence-corrected chi connectivity index (χ0v) is 13.3. The molecule has 0 saturated carbocycles. The molecule has 0 N–H and O–H groups in total. The molecule has 0 bridgehead atoms. The van der Waals surface area contributed by atoms with Gasteiger partial charge in [-0.25, -0.2) is 4.68 Å². The predicted molar refractivity (Wildman–Crippen MR) is 86.9 cm³/mol. The van der Waals surface area contributed by atoms with Crippen LogP contribution in [0, 0.1) is 11.3 Å². The van der Waals surface area contributed by atoms with Gasteiger partial charge in [-0.1, -0.05) is 25.5 Å². The third-order valence-corrected chi connectivity index (χ3v) is 4.28. The maximum Gasteiger partial charge on any atom is 0.0676 e. The van der Waals surface area contributed by atoms with Crippen molar-refractivity contribution in [3.8, 4) is 11.8 Å². The Bertz CT molecular complexity index is 691. The topological polar surface area (TPSA) is 44.9 Å². The minimum Gasteiger partial charge on any atom is -0.302 e. The van der Waals surface area contributed by atoms with Crippen molar-refractivity contribution in [1.29, 1.82) is 5.26 Å². The predicted octanol–water partition coefficient (Wildman–Crippen LogP) is 2.88. The molecule has 0 unspecified atom stereocenters. The van der Waals surface area contributed by atoms with Crippen LogP contribution in [0.25, 0.3) is 5.69 Å². The quantitative estimate of drug-likeness (QED) is 0.871. The van der Waals surface area contributed by atoms with Gasteiger partial charge in [-0.2, -0.15) is 10.4 Å². The Labute approximate surface area is 132 Å². The van der Waals surface area contributed by atoms with Crippen LogP contribution in [-0.4, -0.2) is 28.3 Å². The number of aromatic nitrogens is 2. The van der Waals surface area contributed by atoms with Crippen LogP contribution in [0.5, 0.6) is 0 Å². The number of hydrogen-bond acceptors (Lipinski definition) is 3. The van der Waals surface area contributed by atoms with E-state index in [-0.39, 0.29) is 0 Å². The standard InChI is InChI=1S/C18H22N4/c1-3-4-17-16-13-21(2)12-10-18(16)22(20-17)15-7-5-14(6-8-15)9-11-19/h5-8H,3-4,9-10,12-13H2,1-2H3. The monoisotopic (exact) mass is 294 g/mol. The Balaban J connectivity index is 2.00. The molecular formula is C18H22N4. The average Bonchev–Trinajstić information content (AvgIpc) is 2.87. The lowest BCUT2D eigenvalue weighted by molar-refractivity contribution is 0.309. The number of hydrogen-bond donors (Lipinski definition) is 0. The van der Waals surface area contributed by atoms with Gasteiger partial charge in [-0.05, 0) is 31.2 Å². The number of likely N-dealkylation sites (N-methyl/N-ethyl adjacent to an activating group) is 1. The van der Waals surface area contributed by atoms with Gasteiger partial charge in [-0.15, -0.1) is 0 Å². The van der Waals surface area contributed by atoms with E-state index in [2.05, 4.69) is 41.8 Å². The summed E-state index contributed by atoms with van der Waals surface area (Å²) in [5, 5.41) is 13.7. The molecule has 0 amide bonds. The van der Waals surface area contributed by atoms with Crippen LogP contribution in [0.1, 0.15) is 35.9 Å². The van der Waals surface area contributed by atoms with E-state index in [0.29, 0.717) is 6.42 Å². The summed E-state index contributed by atoms with van der Waals surface area (Å²) in [5.74, 6) is 0. The second-order valence-electron chi connectivity index (χ2n) is 6.02. The number of rotatable bonds is 4. The highest BCUT2D eigenvalue weighted by molar-refractivity contribution is 5.40. The van der Waals surface area contributed by atoms with Crippen LogP contribution in [0.2, 0.25) is 0 Å². The Hall–Kier alpha value is -2.12. The normalized spacial score (nSPS) is 14.6. The molecule has 1 aliphatic heterocycles. The van der Waals surface area contributed by atoms with Crippen LogP contribution in [-0.2, 0) is 25.8 Å². The fourth-order valence-electron chi connectivity index (χ4n) is 3.12. The van der Waals surface area contributed by atoms with E-state index in [4.69, 9.17) is 10.4 Å². The second kappa shape index (κ2) is 6.33. The number of nitriles is 1. The molecule has 22 heavy (non-hydrogen) atoms. The van der Waals surface area contributed by atoms with Crippen LogP contribution < -0.4 is 0 Å². The lowest BCUT2D eigenvalue weighted by atomic mass is 10.0. The molecule has 0 spiro atoms. The molecule has 1 aliphatic rings. The summed E-state index contributed by atoms with van der Waals surface area (Å²) in [6.07, 6.45) is 3.66. The summed E-state index contributed by atoms with van der Waals surface area (Å²) in [6.45, 7) is 4.28. The zero-order valence-electron chi connectivity index (χ0n) is 13.3. The molecule has 0 radical (unpaired) electrons.